The zero-order chi connectivity index (χ0) is 20.6. The van der Waals surface area contributed by atoms with Crippen molar-refractivity contribution in [2.75, 3.05) is 6.61 Å². The lowest BCUT2D eigenvalue weighted by Gasteiger charge is -2.05. The number of carbonyl (C=O) groups is 2. The minimum atomic E-state index is -1.46. The van der Waals surface area contributed by atoms with Crippen LogP contribution in [0.25, 0.3) is 0 Å². The lowest BCUT2D eigenvalue weighted by molar-refractivity contribution is -0.394. The highest BCUT2D eigenvalue weighted by molar-refractivity contribution is 5.95. The number of nitro groups is 2. The number of hydrogen-bond acceptors (Lipinski definition) is 7. The first-order chi connectivity index (χ1) is 12.7. The molecule has 0 radical (unpaired) electrons. The minimum absolute atomic E-state index is 0.430. The standard InChI is InChI=1S/C9H11NO2.C7H4N2O6/c1-2-12-8-6-4-3-5-7(8)9(10)11;10-7(11)4-1-5(8(12)13)3-6(2-4)9(14)15/h3-6H,2H2,1H3,(H2,10,11);1-3H,(H,10,11). The number of benzene rings is 2. The lowest BCUT2D eigenvalue weighted by atomic mass is 10.2. The molecule has 0 aliphatic heterocycles. The van der Waals surface area contributed by atoms with Crippen molar-refractivity contribution >= 4 is 23.3 Å². The van der Waals surface area contributed by atoms with E-state index in [1.165, 1.54) is 0 Å². The van der Waals surface area contributed by atoms with Crippen LogP contribution in [0.1, 0.15) is 27.6 Å². The van der Waals surface area contributed by atoms with E-state index in [4.69, 9.17) is 15.6 Å². The van der Waals surface area contributed by atoms with E-state index in [1.54, 1.807) is 24.3 Å². The molecule has 11 heteroatoms. The van der Waals surface area contributed by atoms with Gasteiger partial charge in [0.25, 0.3) is 17.3 Å². The number of hydrogen-bond donors (Lipinski definition) is 2. The summed E-state index contributed by atoms with van der Waals surface area (Å²) < 4.78 is 5.20. The molecule has 0 fully saturated rings. The van der Waals surface area contributed by atoms with Crippen LogP contribution in [-0.2, 0) is 0 Å². The van der Waals surface area contributed by atoms with Crippen LogP contribution >= 0.6 is 0 Å². The van der Waals surface area contributed by atoms with E-state index < -0.39 is 38.7 Å². The van der Waals surface area contributed by atoms with E-state index in [1.807, 2.05) is 6.92 Å². The van der Waals surface area contributed by atoms with Crippen LogP contribution in [0.15, 0.2) is 42.5 Å². The zero-order valence-corrected chi connectivity index (χ0v) is 14.0. The van der Waals surface area contributed by atoms with Gasteiger partial charge in [0.1, 0.15) is 5.75 Å². The second-order valence-corrected chi connectivity index (χ2v) is 4.85. The van der Waals surface area contributed by atoms with Crippen LogP contribution in [0, 0.1) is 20.2 Å². The number of carboxylic acid groups (broad SMARTS) is 1. The lowest BCUT2D eigenvalue weighted by Crippen LogP contribution is -2.12. The van der Waals surface area contributed by atoms with Crippen molar-refractivity contribution < 1.29 is 29.3 Å². The van der Waals surface area contributed by atoms with E-state index in [2.05, 4.69) is 0 Å². The number of aromatic carboxylic acids is 1. The molecule has 0 spiro atoms. The average Bonchev–Trinajstić information content (AvgIpc) is 2.62. The van der Waals surface area contributed by atoms with Gasteiger partial charge in [-0.25, -0.2) is 4.79 Å². The summed E-state index contributed by atoms with van der Waals surface area (Å²) in [4.78, 5) is 40.2. The van der Waals surface area contributed by atoms with Crippen molar-refractivity contribution in [2.24, 2.45) is 5.73 Å². The SMILES string of the molecule is CCOc1ccccc1C(N)=O.O=C(O)c1cc([N+](=O)[O-])cc([N+](=O)[O-])c1. The molecule has 0 unspecified atom stereocenters. The van der Waals surface area contributed by atoms with Gasteiger partial charge >= 0.3 is 5.97 Å². The number of carbonyl (C=O) groups excluding carboxylic acids is 1. The molecule has 0 saturated carbocycles. The number of nitrogens with zero attached hydrogens (tertiary/aromatic N) is 2. The van der Waals surface area contributed by atoms with Crippen molar-refractivity contribution in [1.29, 1.82) is 0 Å². The molecule has 0 bridgehead atoms. The topological polar surface area (TPSA) is 176 Å². The molecule has 11 nitrogen and oxygen atoms in total. The number of amides is 1. The van der Waals surface area contributed by atoms with Gasteiger partial charge in [-0.3, -0.25) is 25.0 Å². The molecule has 27 heavy (non-hydrogen) atoms. The molecule has 0 aromatic heterocycles. The van der Waals surface area contributed by atoms with Gasteiger partial charge in [-0.1, -0.05) is 12.1 Å². The molecule has 142 valence electrons. The van der Waals surface area contributed by atoms with Crippen LogP contribution in [0.3, 0.4) is 0 Å². The molecule has 0 saturated heterocycles. The summed E-state index contributed by atoms with van der Waals surface area (Å²) in [5.74, 6) is -1.37. The maximum atomic E-state index is 10.8. The molecule has 2 aromatic rings. The van der Waals surface area contributed by atoms with E-state index in [0.29, 0.717) is 24.0 Å². The fraction of sp³-hybridized carbons (Fsp3) is 0.125. The first-order valence-electron chi connectivity index (χ1n) is 7.36. The molecule has 0 atom stereocenters. The predicted octanol–water partition coefficient (Wildman–Crippen LogP) is 2.39. The summed E-state index contributed by atoms with van der Waals surface area (Å²) in [5, 5.41) is 29.2. The third-order valence-corrected chi connectivity index (χ3v) is 3.02. The van der Waals surface area contributed by atoms with Crippen LogP contribution in [0.2, 0.25) is 0 Å². The highest BCUT2D eigenvalue weighted by Gasteiger charge is 2.19. The Morgan fingerprint density at radius 2 is 1.59 bits per heavy atom. The van der Waals surface area contributed by atoms with Crippen molar-refractivity contribution in [3.05, 3.63) is 73.8 Å². The highest BCUT2D eigenvalue weighted by atomic mass is 16.6. The fourth-order valence-electron chi connectivity index (χ4n) is 1.88. The molecule has 3 N–H and O–H groups in total. The zero-order valence-electron chi connectivity index (χ0n) is 14.0. The highest BCUT2D eigenvalue weighted by Crippen LogP contribution is 2.22. The number of para-hydroxylation sites is 1. The van der Waals surface area contributed by atoms with Gasteiger partial charge < -0.3 is 15.6 Å². The predicted molar refractivity (Wildman–Crippen MR) is 92.8 cm³/mol. The smallest absolute Gasteiger partial charge is 0.336 e. The quantitative estimate of drug-likeness (QED) is 0.569. The van der Waals surface area contributed by atoms with Crippen molar-refractivity contribution in [2.45, 2.75) is 6.92 Å². The first-order valence-corrected chi connectivity index (χ1v) is 7.36. The Labute approximate surface area is 152 Å². The van der Waals surface area contributed by atoms with Gasteiger partial charge in [-0.15, -0.1) is 0 Å². The Bertz CT molecular complexity index is 803. The number of nitrogens with two attached hydrogens (primary N) is 1. The third kappa shape index (κ3) is 6.08. The fourth-order valence-corrected chi connectivity index (χ4v) is 1.88. The summed E-state index contributed by atoms with van der Waals surface area (Å²) in [6.45, 7) is 2.39. The molecule has 0 aliphatic rings. The van der Waals surface area contributed by atoms with E-state index in [0.717, 1.165) is 12.1 Å². The molecule has 0 heterocycles. The van der Waals surface area contributed by atoms with Crippen molar-refractivity contribution in [3.8, 4) is 5.75 Å². The van der Waals surface area contributed by atoms with Gasteiger partial charge in [-0.05, 0) is 19.1 Å². The maximum Gasteiger partial charge on any atom is 0.336 e. The Kier molecular flexibility index (Phi) is 7.37. The van der Waals surface area contributed by atoms with Crippen LogP contribution in [0.4, 0.5) is 11.4 Å². The third-order valence-electron chi connectivity index (χ3n) is 3.02. The summed E-state index contributed by atoms with van der Waals surface area (Å²) in [6.07, 6.45) is 0. The molecule has 1 amide bonds. The van der Waals surface area contributed by atoms with E-state index in [9.17, 15) is 29.8 Å². The van der Waals surface area contributed by atoms with Gasteiger partial charge in [0.05, 0.1) is 33.6 Å². The molecular weight excluding hydrogens is 362 g/mol. The summed E-state index contributed by atoms with van der Waals surface area (Å²) in [6, 6.07) is 9.15. The summed E-state index contributed by atoms with van der Waals surface area (Å²) >= 11 is 0. The largest absolute Gasteiger partial charge is 0.493 e. The number of rotatable bonds is 6. The molecule has 2 rings (SSSR count). The van der Waals surface area contributed by atoms with Gasteiger partial charge in [0.2, 0.25) is 0 Å². The first kappa shape index (κ1) is 21.0. The number of nitro benzene ring substituents is 2. The average molecular weight is 377 g/mol. The Morgan fingerprint density at radius 1 is 1.07 bits per heavy atom. The Hall–Kier alpha value is -4.02. The number of ether oxygens (including phenoxy) is 1. The number of non-ortho nitro benzene ring substituents is 2. The Balaban J connectivity index is 0.000000277. The van der Waals surface area contributed by atoms with E-state index >= 15 is 0 Å². The second-order valence-electron chi connectivity index (χ2n) is 4.85. The van der Waals surface area contributed by atoms with Crippen molar-refractivity contribution in [1.82, 2.24) is 0 Å². The number of carboxylic acids is 1. The molecule has 0 aliphatic carbocycles. The van der Waals surface area contributed by atoms with Gasteiger partial charge in [0.15, 0.2) is 0 Å². The monoisotopic (exact) mass is 377 g/mol. The Morgan fingerprint density at radius 3 is 2.00 bits per heavy atom. The van der Waals surface area contributed by atoms with Crippen LogP contribution in [0.5, 0.6) is 5.75 Å². The van der Waals surface area contributed by atoms with Gasteiger partial charge in [0, 0.05) is 12.1 Å². The molecule has 2 aromatic carbocycles. The summed E-state index contributed by atoms with van der Waals surface area (Å²) in [7, 11) is 0. The molecular formula is C16H15N3O8. The minimum Gasteiger partial charge on any atom is -0.493 e. The second kappa shape index (κ2) is 9.46. The van der Waals surface area contributed by atoms with Crippen molar-refractivity contribution in [3.63, 3.8) is 0 Å². The van der Waals surface area contributed by atoms with Crippen LogP contribution in [-0.4, -0.2) is 33.4 Å². The van der Waals surface area contributed by atoms with Crippen LogP contribution < -0.4 is 10.5 Å². The summed E-state index contributed by atoms with van der Waals surface area (Å²) in [5.41, 5.74) is 3.82. The normalized spacial score (nSPS) is 9.52. The van der Waals surface area contributed by atoms with E-state index in [-0.39, 0.29) is 0 Å². The van der Waals surface area contributed by atoms with Gasteiger partial charge in [-0.2, -0.15) is 0 Å². The number of primary amides is 1. The maximum absolute atomic E-state index is 10.8.